The lowest BCUT2D eigenvalue weighted by atomic mass is 10.1. The molecule has 102 valence electrons. The first-order valence-electron chi connectivity index (χ1n) is 5.82. The number of fused-ring (bicyclic) bond motifs is 1. The number of aliphatic hydroxyl groups excluding tert-OH is 2. The summed E-state index contributed by atoms with van der Waals surface area (Å²) in [6, 6.07) is 1.43. The van der Waals surface area contributed by atoms with E-state index in [0.717, 1.165) is 0 Å². The van der Waals surface area contributed by atoms with Crippen LogP contribution in [0.2, 0.25) is 5.28 Å². The van der Waals surface area contributed by atoms with E-state index in [1.165, 1.54) is 0 Å². The van der Waals surface area contributed by atoms with Crippen LogP contribution >= 0.6 is 11.6 Å². The van der Waals surface area contributed by atoms with Crippen molar-refractivity contribution in [2.24, 2.45) is 0 Å². The van der Waals surface area contributed by atoms with Crippen molar-refractivity contribution in [3.05, 3.63) is 17.5 Å². The first kappa shape index (κ1) is 12.6. The van der Waals surface area contributed by atoms with Gasteiger partial charge < -0.3 is 25.3 Å². The number of hydrogen-bond donors (Lipinski definition) is 3. The van der Waals surface area contributed by atoms with E-state index in [4.69, 9.17) is 27.2 Å². The van der Waals surface area contributed by atoms with E-state index in [1.807, 2.05) is 0 Å². The average Bonchev–Trinajstić information content (AvgIpc) is 2.92. The van der Waals surface area contributed by atoms with Crippen LogP contribution in [0.25, 0.3) is 11.0 Å². The first-order chi connectivity index (χ1) is 9.11. The van der Waals surface area contributed by atoms with Crippen LogP contribution in [0.5, 0.6) is 0 Å². The molecule has 0 saturated carbocycles. The standard InChI is InChI=1S/C11H13ClN4O3/c12-11-14-9(13)5-1-2-16(10(5)15-11)6-4-19-7(3-17)8(6)18/h1-2,6-8,17-18H,3-4H2,(H2,13,14,15). The number of aliphatic hydroxyl groups is 2. The van der Waals surface area contributed by atoms with Crippen LogP contribution in [0.15, 0.2) is 12.3 Å². The quantitative estimate of drug-likeness (QED) is 0.668. The number of nitrogens with zero attached hydrogens (tertiary/aromatic N) is 3. The van der Waals surface area contributed by atoms with Crippen molar-refractivity contribution < 1.29 is 14.9 Å². The number of aromatic nitrogens is 3. The molecule has 0 radical (unpaired) electrons. The van der Waals surface area contributed by atoms with E-state index in [0.29, 0.717) is 16.9 Å². The van der Waals surface area contributed by atoms with Crippen molar-refractivity contribution >= 4 is 28.5 Å². The second-order valence-electron chi connectivity index (χ2n) is 4.45. The minimum absolute atomic E-state index is 0.0528. The minimum Gasteiger partial charge on any atom is -0.394 e. The monoisotopic (exact) mass is 284 g/mol. The Balaban J connectivity index is 2.07. The SMILES string of the molecule is Nc1nc(Cl)nc2c1ccn2C1COC(CO)C1O. The van der Waals surface area contributed by atoms with E-state index in [9.17, 15) is 5.11 Å². The van der Waals surface area contributed by atoms with E-state index in [1.54, 1.807) is 16.8 Å². The second kappa shape index (κ2) is 4.61. The molecule has 2 aromatic heterocycles. The number of hydrogen-bond acceptors (Lipinski definition) is 6. The molecular formula is C11H13ClN4O3. The van der Waals surface area contributed by atoms with Gasteiger partial charge in [-0.25, -0.2) is 4.98 Å². The number of nitrogen functional groups attached to an aromatic ring is 1. The van der Waals surface area contributed by atoms with Gasteiger partial charge in [-0.05, 0) is 17.7 Å². The number of halogens is 1. The molecule has 3 heterocycles. The van der Waals surface area contributed by atoms with Crippen LogP contribution < -0.4 is 5.73 Å². The third-order valence-corrected chi connectivity index (χ3v) is 3.54. The Morgan fingerprint density at radius 3 is 3.00 bits per heavy atom. The maximum Gasteiger partial charge on any atom is 0.226 e. The third-order valence-electron chi connectivity index (χ3n) is 3.37. The molecule has 1 fully saturated rings. The zero-order valence-electron chi connectivity index (χ0n) is 9.90. The van der Waals surface area contributed by atoms with Crippen molar-refractivity contribution in [3.63, 3.8) is 0 Å². The molecule has 4 N–H and O–H groups in total. The summed E-state index contributed by atoms with van der Waals surface area (Å²) in [6.07, 6.45) is 0.357. The van der Waals surface area contributed by atoms with Gasteiger partial charge in [0.15, 0.2) is 0 Å². The van der Waals surface area contributed by atoms with Gasteiger partial charge in [0.2, 0.25) is 5.28 Å². The van der Waals surface area contributed by atoms with Gasteiger partial charge in [-0.3, -0.25) is 0 Å². The van der Waals surface area contributed by atoms with Crippen LogP contribution in [-0.4, -0.2) is 50.2 Å². The number of rotatable bonds is 2. The summed E-state index contributed by atoms with van der Waals surface area (Å²) in [6.45, 7) is 0.0620. The molecule has 1 saturated heterocycles. The van der Waals surface area contributed by atoms with Gasteiger partial charge in [-0.1, -0.05) is 0 Å². The summed E-state index contributed by atoms with van der Waals surface area (Å²) in [5.41, 5.74) is 6.32. The Hall–Kier alpha value is -1.41. The number of anilines is 1. The Morgan fingerprint density at radius 2 is 2.32 bits per heavy atom. The zero-order valence-corrected chi connectivity index (χ0v) is 10.7. The number of nitrogens with two attached hydrogens (primary N) is 1. The van der Waals surface area contributed by atoms with Crippen molar-refractivity contribution in [2.45, 2.75) is 18.2 Å². The molecule has 0 spiro atoms. The van der Waals surface area contributed by atoms with Gasteiger partial charge in [0.25, 0.3) is 0 Å². The summed E-state index contributed by atoms with van der Waals surface area (Å²) < 4.78 is 7.08. The largest absolute Gasteiger partial charge is 0.394 e. The molecule has 3 unspecified atom stereocenters. The molecule has 8 heteroatoms. The zero-order chi connectivity index (χ0) is 13.6. The Bertz CT molecular complexity index is 617. The molecule has 1 aliphatic heterocycles. The van der Waals surface area contributed by atoms with E-state index in [-0.39, 0.29) is 24.5 Å². The second-order valence-corrected chi connectivity index (χ2v) is 4.79. The molecule has 3 atom stereocenters. The lowest BCUT2D eigenvalue weighted by molar-refractivity contribution is 0.00207. The van der Waals surface area contributed by atoms with E-state index < -0.39 is 12.2 Å². The highest BCUT2D eigenvalue weighted by molar-refractivity contribution is 6.28. The normalized spacial score (nSPS) is 27.2. The van der Waals surface area contributed by atoms with Crippen molar-refractivity contribution in [2.75, 3.05) is 18.9 Å². The van der Waals surface area contributed by atoms with Crippen LogP contribution in [0, 0.1) is 0 Å². The fourth-order valence-corrected chi connectivity index (χ4v) is 2.54. The molecule has 3 rings (SSSR count). The van der Waals surface area contributed by atoms with Gasteiger partial charge >= 0.3 is 0 Å². The maximum atomic E-state index is 10.1. The van der Waals surface area contributed by atoms with Gasteiger partial charge in [-0.15, -0.1) is 0 Å². The predicted molar refractivity (Wildman–Crippen MR) is 68.8 cm³/mol. The van der Waals surface area contributed by atoms with E-state index in [2.05, 4.69) is 9.97 Å². The van der Waals surface area contributed by atoms with Gasteiger partial charge in [0.1, 0.15) is 23.7 Å². The third kappa shape index (κ3) is 1.95. The van der Waals surface area contributed by atoms with Gasteiger partial charge in [0, 0.05) is 6.20 Å². The summed E-state index contributed by atoms with van der Waals surface area (Å²) in [5, 5.41) is 19.9. The molecule has 19 heavy (non-hydrogen) atoms. The molecule has 2 aromatic rings. The lowest BCUT2D eigenvalue weighted by Gasteiger charge is -2.18. The molecule has 1 aliphatic rings. The average molecular weight is 285 g/mol. The van der Waals surface area contributed by atoms with Crippen LogP contribution in [0.1, 0.15) is 6.04 Å². The lowest BCUT2D eigenvalue weighted by Crippen LogP contribution is -2.30. The molecule has 0 aromatic carbocycles. The van der Waals surface area contributed by atoms with Crippen molar-refractivity contribution in [3.8, 4) is 0 Å². The summed E-state index contributed by atoms with van der Waals surface area (Å²) in [5.74, 6) is 0.292. The highest BCUT2D eigenvalue weighted by atomic mass is 35.5. The predicted octanol–water partition coefficient (Wildman–Crippen LogP) is -0.0400. The summed E-state index contributed by atoms with van der Waals surface area (Å²) in [7, 11) is 0. The van der Waals surface area contributed by atoms with Crippen LogP contribution in [-0.2, 0) is 4.74 Å². The topological polar surface area (TPSA) is 106 Å². The molecule has 0 aliphatic carbocycles. The van der Waals surface area contributed by atoms with Crippen LogP contribution in [0.3, 0.4) is 0 Å². The minimum atomic E-state index is -0.810. The smallest absolute Gasteiger partial charge is 0.226 e. The van der Waals surface area contributed by atoms with Gasteiger partial charge in [-0.2, -0.15) is 4.98 Å². The first-order valence-corrected chi connectivity index (χ1v) is 6.19. The van der Waals surface area contributed by atoms with Crippen molar-refractivity contribution in [1.29, 1.82) is 0 Å². The molecule has 0 amide bonds. The van der Waals surface area contributed by atoms with Gasteiger partial charge in [0.05, 0.1) is 24.6 Å². The fraction of sp³-hybridized carbons (Fsp3) is 0.455. The molecular weight excluding hydrogens is 272 g/mol. The molecule has 7 nitrogen and oxygen atoms in total. The highest BCUT2D eigenvalue weighted by Gasteiger charge is 2.37. The van der Waals surface area contributed by atoms with Crippen molar-refractivity contribution in [1.82, 2.24) is 14.5 Å². The summed E-state index contributed by atoms with van der Waals surface area (Å²) >= 11 is 5.80. The molecule has 0 bridgehead atoms. The van der Waals surface area contributed by atoms with E-state index >= 15 is 0 Å². The maximum absolute atomic E-state index is 10.1. The number of ether oxygens (including phenoxy) is 1. The Kier molecular flexibility index (Phi) is 3.06. The Labute approximate surface area is 113 Å². The summed E-state index contributed by atoms with van der Waals surface area (Å²) in [4.78, 5) is 8.01. The fourth-order valence-electron chi connectivity index (χ4n) is 2.37. The highest BCUT2D eigenvalue weighted by Crippen LogP contribution is 2.30. The Morgan fingerprint density at radius 1 is 1.53 bits per heavy atom. The van der Waals surface area contributed by atoms with Crippen LogP contribution in [0.4, 0.5) is 5.82 Å².